The Labute approximate surface area is 70.5 Å². The van der Waals surface area contributed by atoms with Crippen molar-refractivity contribution in [1.82, 2.24) is 4.90 Å². The van der Waals surface area contributed by atoms with E-state index in [-0.39, 0.29) is 0 Å². The van der Waals surface area contributed by atoms with Gasteiger partial charge in [-0.2, -0.15) is 0 Å². The fourth-order valence-electron chi connectivity index (χ4n) is 1.38. The SMILES string of the molecule is O=C/C=C/N1CCC[C@H]1C(=O)O. The summed E-state index contributed by atoms with van der Waals surface area (Å²) in [6.45, 7) is 0.724. The first kappa shape index (κ1) is 8.77. The van der Waals surface area contributed by atoms with Crippen LogP contribution in [-0.4, -0.2) is 34.8 Å². The summed E-state index contributed by atoms with van der Waals surface area (Å²) in [5.41, 5.74) is 0. The number of aliphatic carboxylic acids is 1. The lowest BCUT2D eigenvalue weighted by atomic mass is 10.2. The summed E-state index contributed by atoms with van der Waals surface area (Å²) in [6.07, 6.45) is 5.05. The third-order valence-corrected chi connectivity index (χ3v) is 1.94. The van der Waals surface area contributed by atoms with Crippen LogP contribution in [0.15, 0.2) is 12.3 Å². The Morgan fingerprint density at radius 1 is 1.58 bits per heavy atom. The zero-order valence-electron chi connectivity index (χ0n) is 6.64. The molecule has 1 aliphatic heterocycles. The van der Waals surface area contributed by atoms with Gasteiger partial charge in [0.1, 0.15) is 12.3 Å². The molecule has 4 nitrogen and oxygen atoms in total. The average Bonchev–Trinajstić information content (AvgIpc) is 2.48. The fourth-order valence-corrected chi connectivity index (χ4v) is 1.38. The van der Waals surface area contributed by atoms with Crippen molar-refractivity contribution in [2.75, 3.05) is 6.54 Å². The van der Waals surface area contributed by atoms with Crippen LogP contribution in [0.5, 0.6) is 0 Å². The second-order valence-corrected chi connectivity index (χ2v) is 2.71. The summed E-state index contributed by atoms with van der Waals surface area (Å²) in [4.78, 5) is 22.3. The van der Waals surface area contributed by atoms with E-state index in [9.17, 15) is 9.59 Å². The maximum atomic E-state index is 10.6. The number of nitrogens with zero attached hydrogens (tertiary/aromatic N) is 1. The van der Waals surface area contributed by atoms with E-state index in [1.54, 1.807) is 11.1 Å². The van der Waals surface area contributed by atoms with E-state index in [0.717, 1.165) is 13.0 Å². The molecule has 0 aromatic rings. The fraction of sp³-hybridized carbons (Fsp3) is 0.500. The maximum Gasteiger partial charge on any atom is 0.326 e. The molecule has 0 aliphatic carbocycles. The van der Waals surface area contributed by atoms with E-state index in [2.05, 4.69) is 0 Å². The van der Waals surface area contributed by atoms with Crippen LogP contribution in [0, 0.1) is 0 Å². The second-order valence-electron chi connectivity index (χ2n) is 2.71. The molecule has 4 heteroatoms. The van der Waals surface area contributed by atoms with E-state index >= 15 is 0 Å². The first-order chi connectivity index (χ1) is 5.75. The Morgan fingerprint density at radius 2 is 2.33 bits per heavy atom. The van der Waals surface area contributed by atoms with Gasteiger partial charge in [-0.15, -0.1) is 0 Å². The number of aldehydes is 1. The maximum absolute atomic E-state index is 10.6. The van der Waals surface area contributed by atoms with Crippen LogP contribution < -0.4 is 0 Å². The number of allylic oxidation sites excluding steroid dienone is 1. The summed E-state index contributed by atoms with van der Waals surface area (Å²) in [7, 11) is 0. The van der Waals surface area contributed by atoms with Crippen LogP contribution in [0.25, 0.3) is 0 Å². The molecule has 1 heterocycles. The van der Waals surface area contributed by atoms with E-state index in [4.69, 9.17) is 5.11 Å². The predicted molar refractivity (Wildman–Crippen MR) is 42.6 cm³/mol. The van der Waals surface area contributed by atoms with E-state index in [1.807, 2.05) is 0 Å². The number of carbonyl (C=O) groups is 2. The Morgan fingerprint density at radius 3 is 2.92 bits per heavy atom. The number of hydrogen-bond donors (Lipinski definition) is 1. The number of hydrogen-bond acceptors (Lipinski definition) is 3. The molecule has 0 bridgehead atoms. The van der Waals surface area contributed by atoms with Gasteiger partial charge in [-0.05, 0) is 18.9 Å². The largest absolute Gasteiger partial charge is 0.480 e. The lowest BCUT2D eigenvalue weighted by Crippen LogP contribution is -2.31. The molecular weight excluding hydrogens is 158 g/mol. The minimum Gasteiger partial charge on any atom is -0.480 e. The summed E-state index contributed by atoms with van der Waals surface area (Å²) in [6, 6.07) is -0.443. The highest BCUT2D eigenvalue weighted by Gasteiger charge is 2.27. The standard InChI is InChI=1S/C8H11NO3/c10-6-2-5-9-4-1-3-7(9)8(11)12/h2,5-7H,1,3-4H2,(H,11,12)/b5-2+/t7-/m0/s1. The number of carboxylic acid groups (broad SMARTS) is 1. The van der Waals surface area contributed by atoms with Gasteiger partial charge in [-0.1, -0.05) is 0 Å². The molecule has 0 spiro atoms. The van der Waals surface area contributed by atoms with Gasteiger partial charge in [0, 0.05) is 12.7 Å². The van der Waals surface area contributed by atoms with Gasteiger partial charge < -0.3 is 10.0 Å². The first-order valence-corrected chi connectivity index (χ1v) is 3.86. The topological polar surface area (TPSA) is 57.6 Å². The second kappa shape index (κ2) is 3.90. The van der Waals surface area contributed by atoms with Gasteiger partial charge in [0.25, 0.3) is 0 Å². The smallest absolute Gasteiger partial charge is 0.326 e. The summed E-state index contributed by atoms with van der Waals surface area (Å²) in [5, 5.41) is 8.72. The van der Waals surface area contributed by atoms with Gasteiger partial charge in [0.05, 0.1) is 0 Å². The van der Waals surface area contributed by atoms with Crippen molar-refractivity contribution in [2.24, 2.45) is 0 Å². The molecule has 1 rings (SSSR count). The van der Waals surface area contributed by atoms with Crippen molar-refractivity contribution in [3.05, 3.63) is 12.3 Å². The third kappa shape index (κ3) is 1.84. The minimum absolute atomic E-state index is 0.443. The Balaban J connectivity index is 2.57. The molecule has 0 radical (unpaired) electrons. The summed E-state index contributed by atoms with van der Waals surface area (Å²) < 4.78 is 0. The number of carboxylic acids is 1. The Bertz CT molecular complexity index is 212. The number of rotatable bonds is 3. The van der Waals surface area contributed by atoms with E-state index in [0.29, 0.717) is 12.7 Å². The highest BCUT2D eigenvalue weighted by Crippen LogP contribution is 2.17. The molecule has 12 heavy (non-hydrogen) atoms. The highest BCUT2D eigenvalue weighted by molar-refractivity contribution is 5.74. The van der Waals surface area contributed by atoms with Crippen molar-refractivity contribution < 1.29 is 14.7 Å². The van der Waals surface area contributed by atoms with Crippen LogP contribution in [0.3, 0.4) is 0 Å². The molecule has 0 aromatic heterocycles. The zero-order chi connectivity index (χ0) is 8.97. The third-order valence-electron chi connectivity index (χ3n) is 1.94. The quantitative estimate of drug-likeness (QED) is 0.486. The first-order valence-electron chi connectivity index (χ1n) is 3.86. The Hall–Kier alpha value is -1.32. The molecule has 66 valence electrons. The van der Waals surface area contributed by atoms with Gasteiger partial charge >= 0.3 is 5.97 Å². The Kier molecular flexibility index (Phi) is 2.85. The number of carbonyl (C=O) groups excluding carboxylic acids is 1. The molecule has 0 saturated carbocycles. The molecule has 0 unspecified atom stereocenters. The zero-order valence-corrected chi connectivity index (χ0v) is 6.64. The van der Waals surface area contributed by atoms with Crippen molar-refractivity contribution in [3.63, 3.8) is 0 Å². The van der Waals surface area contributed by atoms with Crippen molar-refractivity contribution >= 4 is 12.3 Å². The van der Waals surface area contributed by atoms with Crippen molar-refractivity contribution in [3.8, 4) is 0 Å². The molecular formula is C8H11NO3. The van der Waals surface area contributed by atoms with Crippen LogP contribution in [0.4, 0.5) is 0 Å². The molecule has 1 N–H and O–H groups in total. The molecule has 1 aliphatic rings. The summed E-state index contributed by atoms with van der Waals surface area (Å²) >= 11 is 0. The van der Waals surface area contributed by atoms with Gasteiger partial charge in [0.2, 0.25) is 0 Å². The molecule has 0 amide bonds. The lowest BCUT2D eigenvalue weighted by molar-refractivity contribution is -0.141. The number of likely N-dealkylation sites (tertiary alicyclic amines) is 1. The molecule has 0 aromatic carbocycles. The van der Waals surface area contributed by atoms with Crippen LogP contribution in [-0.2, 0) is 9.59 Å². The van der Waals surface area contributed by atoms with Crippen molar-refractivity contribution in [1.29, 1.82) is 0 Å². The van der Waals surface area contributed by atoms with E-state index < -0.39 is 12.0 Å². The van der Waals surface area contributed by atoms with Crippen LogP contribution in [0.1, 0.15) is 12.8 Å². The van der Waals surface area contributed by atoms with E-state index in [1.165, 1.54) is 6.08 Å². The van der Waals surface area contributed by atoms with Gasteiger partial charge in [-0.25, -0.2) is 4.79 Å². The lowest BCUT2D eigenvalue weighted by Gasteiger charge is -2.17. The van der Waals surface area contributed by atoms with Crippen molar-refractivity contribution in [2.45, 2.75) is 18.9 Å². The van der Waals surface area contributed by atoms with Gasteiger partial charge in [0.15, 0.2) is 0 Å². The predicted octanol–water partition coefficient (Wildman–Crippen LogP) is 0.248. The van der Waals surface area contributed by atoms with Crippen LogP contribution >= 0.6 is 0 Å². The van der Waals surface area contributed by atoms with Gasteiger partial charge in [-0.3, -0.25) is 4.79 Å². The van der Waals surface area contributed by atoms with Crippen LogP contribution in [0.2, 0.25) is 0 Å². The normalized spacial score (nSPS) is 23.3. The molecule has 1 fully saturated rings. The minimum atomic E-state index is -0.817. The highest BCUT2D eigenvalue weighted by atomic mass is 16.4. The molecule has 1 saturated heterocycles. The average molecular weight is 169 g/mol. The summed E-state index contributed by atoms with van der Waals surface area (Å²) in [5.74, 6) is -0.817. The molecule has 1 atom stereocenters. The monoisotopic (exact) mass is 169 g/mol.